The van der Waals surface area contributed by atoms with Crippen molar-refractivity contribution in [2.75, 3.05) is 0 Å². The van der Waals surface area contributed by atoms with Gasteiger partial charge in [0.1, 0.15) is 11.7 Å². The number of nitrogens with zero attached hydrogens (tertiary/aromatic N) is 3. The minimum absolute atomic E-state index is 0.257. The van der Waals surface area contributed by atoms with E-state index in [0.29, 0.717) is 5.69 Å². The molecule has 1 aliphatic rings. The lowest BCUT2D eigenvalue weighted by Crippen LogP contribution is -2.40. The van der Waals surface area contributed by atoms with Crippen molar-refractivity contribution < 1.29 is 4.79 Å². The number of carbonyl (C=O) groups is 1. The Bertz CT molecular complexity index is 454. The molecule has 0 radical (unpaired) electrons. The predicted octanol–water partition coefficient (Wildman–Crippen LogP) is 1.62. The van der Waals surface area contributed by atoms with Crippen LogP contribution in [0.3, 0.4) is 0 Å². The first-order valence-corrected chi connectivity index (χ1v) is 6.41. The highest BCUT2D eigenvalue weighted by atomic mass is 16.2. The lowest BCUT2D eigenvalue weighted by Gasteiger charge is -2.26. The van der Waals surface area contributed by atoms with Gasteiger partial charge in [-0.15, -0.1) is 0 Å². The fourth-order valence-electron chi connectivity index (χ4n) is 2.47. The molecule has 1 aromatic rings. The average Bonchev–Trinajstić information content (AvgIpc) is 2.83. The topological polar surface area (TPSA) is 70.7 Å². The number of nitriles is 1. The second-order valence-corrected chi connectivity index (χ2v) is 4.85. The zero-order valence-corrected chi connectivity index (χ0v) is 10.6. The fourth-order valence-corrected chi connectivity index (χ4v) is 2.47. The molecule has 0 aromatic carbocycles. The normalized spacial score (nSPS) is 18.0. The molecule has 1 amide bonds. The number of hydrogen-bond acceptors (Lipinski definition) is 3. The predicted molar refractivity (Wildman–Crippen MR) is 66.7 cm³/mol. The fraction of sp³-hybridized carbons (Fsp3) is 0.615. The Balaban J connectivity index is 1.98. The summed E-state index contributed by atoms with van der Waals surface area (Å²) >= 11 is 0. The third kappa shape index (κ3) is 2.89. The number of hydrogen-bond donors (Lipinski definition) is 1. The van der Waals surface area contributed by atoms with Crippen molar-refractivity contribution >= 4 is 5.91 Å². The Morgan fingerprint density at radius 3 is 2.83 bits per heavy atom. The highest BCUT2D eigenvalue weighted by Gasteiger charge is 2.25. The van der Waals surface area contributed by atoms with Crippen LogP contribution in [0.1, 0.15) is 42.6 Å². The summed E-state index contributed by atoms with van der Waals surface area (Å²) in [5, 5.41) is 16.0. The highest BCUT2D eigenvalue weighted by molar-refractivity contribution is 5.92. The third-order valence-corrected chi connectivity index (χ3v) is 3.49. The number of amides is 1. The van der Waals surface area contributed by atoms with Crippen molar-refractivity contribution in [1.82, 2.24) is 15.1 Å². The van der Waals surface area contributed by atoms with Crippen LogP contribution in [0, 0.1) is 17.2 Å². The summed E-state index contributed by atoms with van der Waals surface area (Å²) in [6.07, 6.45) is 7.33. The van der Waals surface area contributed by atoms with E-state index >= 15 is 0 Å². The molecule has 0 spiro atoms. The van der Waals surface area contributed by atoms with Gasteiger partial charge in [0.15, 0.2) is 0 Å². The van der Waals surface area contributed by atoms with E-state index in [0.717, 1.165) is 25.7 Å². The van der Waals surface area contributed by atoms with E-state index < -0.39 is 0 Å². The lowest BCUT2D eigenvalue weighted by atomic mass is 9.84. The summed E-state index contributed by atoms with van der Waals surface area (Å²) in [7, 11) is 1.76. The second-order valence-electron chi connectivity index (χ2n) is 4.85. The maximum absolute atomic E-state index is 11.9. The molecule has 1 N–H and O–H groups in total. The maximum atomic E-state index is 11.9. The molecular formula is C13H18N4O. The van der Waals surface area contributed by atoms with E-state index in [1.807, 2.05) is 0 Å². The molecule has 0 aliphatic heterocycles. The molecule has 96 valence electrons. The average molecular weight is 246 g/mol. The summed E-state index contributed by atoms with van der Waals surface area (Å²) in [5.41, 5.74) is 0.369. The number of carbonyl (C=O) groups excluding carboxylic acids is 1. The number of aryl methyl sites for hydroxylation is 1. The Kier molecular flexibility index (Phi) is 3.98. The van der Waals surface area contributed by atoms with Gasteiger partial charge in [0.2, 0.25) is 0 Å². The van der Waals surface area contributed by atoms with Gasteiger partial charge < -0.3 is 5.32 Å². The summed E-state index contributed by atoms with van der Waals surface area (Å²) in [6.45, 7) is 0. The Morgan fingerprint density at radius 2 is 2.28 bits per heavy atom. The minimum atomic E-state index is -0.389. The molecule has 1 aliphatic carbocycles. The van der Waals surface area contributed by atoms with Crippen LogP contribution < -0.4 is 5.32 Å². The number of rotatable bonds is 3. The van der Waals surface area contributed by atoms with Crippen LogP contribution in [0.15, 0.2) is 12.3 Å². The second kappa shape index (κ2) is 5.67. The van der Waals surface area contributed by atoms with Crippen LogP contribution in [0.4, 0.5) is 0 Å². The van der Waals surface area contributed by atoms with E-state index in [4.69, 9.17) is 0 Å². The molecule has 1 aromatic heterocycles. The Morgan fingerprint density at radius 1 is 1.56 bits per heavy atom. The van der Waals surface area contributed by atoms with Crippen LogP contribution >= 0.6 is 0 Å². The van der Waals surface area contributed by atoms with Gasteiger partial charge in [-0.05, 0) is 24.8 Å². The first-order valence-electron chi connectivity index (χ1n) is 6.41. The number of nitrogens with one attached hydrogen (secondary N) is 1. The van der Waals surface area contributed by atoms with Gasteiger partial charge in [0.05, 0.1) is 6.07 Å². The first kappa shape index (κ1) is 12.6. The van der Waals surface area contributed by atoms with E-state index in [-0.39, 0.29) is 17.9 Å². The first-order chi connectivity index (χ1) is 8.70. The Labute approximate surface area is 107 Å². The molecule has 1 saturated carbocycles. The molecule has 5 heteroatoms. The van der Waals surface area contributed by atoms with Gasteiger partial charge in [0, 0.05) is 13.2 Å². The van der Waals surface area contributed by atoms with E-state index in [2.05, 4.69) is 16.5 Å². The molecule has 1 unspecified atom stereocenters. The molecule has 0 bridgehead atoms. The van der Waals surface area contributed by atoms with E-state index in [1.165, 1.54) is 6.42 Å². The zero-order chi connectivity index (χ0) is 13.0. The van der Waals surface area contributed by atoms with Crippen molar-refractivity contribution in [2.24, 2.45) is 13.0 Å². The molecule has 1 fully saturated rings. The van der Waals surface area contributed by atoms with E-state index in [9.17, 15) is 10.1 Å². The molecular weight excluding hydrogens is 228 g/mol. The summed E-state index contributed by atoms with van der Waals surface area (Å²) in [6, 6.07) is 3.48. The molecule has 18 heavy (non-hydrogen) atoms. The summed E-state index contributed by atoms with van der Waals surface area (Å²) in [5.74, 6) is 0.0316. The van der Waals surface area contributed by atoms with E-state index in [1.54, 1.807) is 24.0 Å². The van der Waals surface area contributed by atoms with Crippen LogP contribution in [0.5, 0.6) is 0 Å². The van der Waals surface area contributed by atoms with Gasteiger partial charge in [-0.2, -0.15) is 10.4 Å². The molecule has 0 saturated heterocycles. The largest absolute Gasteiger partial charge is 0.335 e. The lowest BCUT2D eigenvalue weighted by molar-refractivity contribution is 0.0923. The molecule has 1 atom stereocenters. The van der Waals surface area contributed by atoms with Crippen LogP contribution in [-0.2, 0) is 7.05 Å². The number of aromatic nitrogens is 2. The third-order valence-electron chi connectivity index (χ3n) is 3.49. The van der Waals surface area contributed by atoms with Crippen molar-refractivity contribution in [3.8, 4) is 6.07 Å². The van der Waals surface area contributed by atoms with Crippen LogP contribution in [0.2, 0.25) is 0 Å². The van der Waals surface area contributed by atoms with Crippen LogP contribution in [0.25, 0.3) is 0 Å². The monoisotopic (exact) mass is 246 g/mol. The molecule has 1 heterocycles. The van der Waals surface area contributed by atoms with Gasteiger partial charge in [-0.1, -0.05) is 19.3 Å². The standard InChI is InChI=1S/C13H18N4O/c1-17-8-7-11(16-17)13(18)15-12(9-14)10-5-3-2-4-6-10/h7-8,10,12H,2-6H2,1H3,(H,15,18). The van der Waals surface area contributed by atoms with Gasteiger partial charge >= 0.3 is 0 Å². The smallest absolute Gasteiger partial charge is 0.272 e. The van der Waals surface area contributed by atoms with Crippen molar-refractivity contribution in [1.29, 1.82) is 5.26 Å². The van der Waals surface area contributed by atoms with Crippen molar-refractivity contribution in [3.63, 3.8) is 0 Å². The quantitative estimate of drug-likeness (QED) is 0.881. The zero-order valence-electron chi connectivity index (χ0n) is 10.6. The van der Waals surface area contributed by atoms with Gasteiger partial charge in [-0.3, -0.25) is 9.48 Å². The summed E-state index contributed by atoms with van der Waals surface area (Å²) in [4.78, 5) is 11.9. The van der Waals surface area contributed by atoms with Crippen LogP contribution in [-0.4, -0.2) is 21.7 Å². The highest BCUT2D eigenvalue weighted by Crippen LogP contribution is 2.26. The molecule has 5 nitrogen and oxygen atoms in total. The van der Waals surface area contributed by atoms with Gasteiger partial charge in [0.25, 0.3) is 5.91 Å². The SMILES string of the molecule is Cn1ccc(C(=O)NC(C#N)C2CCCCC2)n1. The molecule has 2 rings (SSSR count). The maximum Gasteiger partial charge on any atom is 0.272 e. The minimum Gasteiger partial charge on any atom is -0.335 e. The van der Waals surface area contributed by atoms with Crippen molar-refractivity contribution in [2.45, 2.75) is 38.1 Å². The summed E-state index contributed by atoms with van der Waals surface area (Å²) < 4.78 is 1.58. The van der Waals surface area contributed by atoms with Crippen molar-refractivity contribution in [3.05, 3.63) is 18.0 Å². The van der Waals surface area contributed by atoms with Gasteiger partial charge in [-0.25, -0.2) is 0 Å². The Hall–Kier alpha value is -1.83.